The summed E-state index contributed by atoms with van der Waals surface area (Å²) in [6, 6.07) is 9.42. The first-order valence-corrected chi connectivity index (χ1v) is 6.48. The van der Waals surface area contributed by atoms with Crippen LogP contribution in [0.2, 0.25) is 0 Å². The van der Waals surface area contributed by atoms with Gasteiger partial charge in [-0.1, -0.05) is 0 Å². The summed E-state index contributed by atoms with van der Waals surface area (Å²) in [5, 5.41) is 0. The van der Waals surface area contributed by atoms with Crippen molar-refractivity contribution in [3.8, 4) is 11.5 Å². The van der Waals surface area contributed by atoms with E-state index in [0.29, 0.717) is 0 Å². The minimum absolute atomic E-state index is 0.253. The summed E-state index contributed by atoms with van der Waals surface area (Å²) < 4.78 is 10.6. The van der Waals surface area contributed by atoms with E-state index in [1.54, 1.807) is 14.2 Å². The van der Waals surface area contributed by atoms with Crippen LogP contribution in [0.5, 0.6) is 11.5 Å². The van der Waals surface area contributed by atoms with Crippen molar-refractivity contribution in [1.82, 2.24) is 4.98 Å². The van der Waals surface area contributed by atoms with Crippen molar-refractivity contribution < 1.29 is 9.47 Å². The lowest BCUT2D eigenvalue weighted by molar-refractivity contribution is 0.390. The zero-order chi connectivity index (χ0) is 14.7. The van der Waals surface area contributed by atoms with Crippen molar-refractivity contribution in [2.75, 3.05) is 14.2 Å². The second kappa shape index (κ2) is 5.92. The fourth-order valence-electron chi connectivity index (χ4n) is 2.30. The molecule has 1 unspecified atom stereocenters. The Kier molecular flexibility index (Phi) is 4.25. The minimum atomic E-state index is -0.253. The van der Waals surface area contributed by atoms with Gasteiger partial charge in [0, 0.05) is 23.0 Å². The van der Waals surface area contributed by atoms with Crippen molar-refractivity contribution in [3.63, 3.8) is 0 Å². The van der Waals surface area contributed by atoms with E-state index in [-0.39, 0.29) is 6.04 Å². The van der Waals surface area contributed by atoms with E-state index in [4.69, 9.17) is 15.2 Å². The highest BCUT2D eigenvalue weighted by atomic mass is 16.5. The van der Waals surface area contributed by atoms with Gasteiger partial charge < -0.3 is 15.2 Å². The van der Waals surface area contributed by atoms with Gasteiger partial charge in [0.15, 0.2) is 0 Å². The van der Waals surface area contributed by atoms with Gasteiger partial charge in [-0.05, 0) is 43.7 Å². The highest BCUT2D eigenvalue weighted by molar-refractivity contribution is 5.46. The molecule has 0 radical (unpaired) electrons. The van der Waals surface area contributed by atoms with E-state index in [1.807, 2.05) is 44.2 Å². The summed E-state index contributed by atoms with van der Waals surface area (Å²) >= 11 is 0. The van der Waals surface area contributed by atoms with Gasteiger partial charge in [-0.3, -0.25) is 4.98 Å². The van der Waals surface area contributed by atoms with Crippen molar-refractivity contribution in [3.05, 3.63) is 52.8 Å². The monoisotopic (exact) mass is 272 g/mol. The number of methoxy groups -OCH3 is 2. The molecule has 0 fully saturated rings. The minimum Gasteiger partial charge on any atom is -0.497 e. The average Bonchev–Trinajstić information content (AvgIpc) is 2.44. The molecule has 0 saturated heterocycles. The Morgan fingerprint density at radius 3 is 2.20 bits per heavy atom. The zero-order valence-corrected chi connectivity index (χ0v) is 12.3. The number of hydrogen-bond donors (Lipinski definition) is 1. The average molecular weight is 272 g/mol. The van der Waals surface area contributed by atoms with E-state index in [1.165, 1.54) is 0 Å². The number of ether oxygens (including phenoxy) is 2. The first kappa shape index (κ1) is 14.3. The van der Waals surface area contributed by atoms with Crippen LogP contribution in [0, 0.1) is 13.8 Å². The molecular formula is C16H20N2O2. The van der Waals surface area contributed by atoms with Crippen LogP contribution in [0.3, 0.4) is 0 Å². The highest BCUT2D eigenvalue weighted by Gasteiger charge is 2.15. The number of rotatable bonds is 4. The van der Waals surface area contributed by atoms with Crippen LogP contribution in [0.15, 0.2) is 30.3 Å². The topological polar surface area (TPSA) is 57.4 Å². The molecule has 1 heterocycles. The van der Waals surface area contributed by atoms with Gasteiger partial charge >= 0.3 is 0 Å². The summed E-state index contributed by atoms with van der Waals surface area (Å²) in [7, 11) is 3.26. The summed E-state index contributed by atoms with van der Waals surface area (Å²) in [6.45, 7) is 3.93. The van der Waals surface area contributed by atoms with Gasteiger partial charge in [-0.25, -0.2) is 0 Å². The normalized spacial score (nSPS) is 12.1. The Balaban J connectivity index is 2.44. The maximum atomic E-state index is 6.37. The smallest absolute Gasteiger partial charge is 0.127 e. The molecule has 2 aromatic rings. The second-order valence-electron chi connectivity index (χ2n) is 4.77. The number of benzene rings is 1. The number of pyridine rings is 1. The molecule has 0 bridgehead atoms. The van der Waals surface area contributed by atoms with Crippen LogP contribution in [-0.2, 0) is 0 Å². The Hall–Kier alpha value is -2.07. The summed E-state index contributed by atoms with van der Waals surface area (Å²) in [4.78, 5) is 4.37. The lowest BCUT2D eigenvalue weighted by Gasteiger charge is -2.17. The molecule has 106 valence electrons. The Bertz CT molecular complexity index is 591. The van der Waals surface area contributed by atoms with Crippen molar-refractivity contribution in [1.29, 1.82) is 0 Å². The molecule has 4 nitrogen and oxygen atoms in total. The molecule has 20 heavy (non-hydrogen) atoms. The predicted octanol–water partition coefficient (Wildman–Crippen LogP) is 2.76. The van der Waals surface area contributed by atoms with Crippen LogP contribution in [0.4, 0.5) is 0 Å². The van der Waals surface area contributed by atoms with Crippen LogP contribution in [0.25, 0.3) is 0 Å². The van der Waals surface area contributed by atoms with Gasteiger partial charge in [0.25, 0.3) is 0 Å². The first-order chi connectivity index (χ1) is 9.55. The van der Waals surface area contributed by atoms with Gasteiger partial charge in [0.2, 0.25) is 0 Å². The standard InChI is InChI=1S/C16H20N2O2/c1-10-7-12(8-11(2)18-10)16(17)14-6-5-13(19-3)9-15(14)20-4/h5-9,16H,17H2,1-4H3. The van der Waals surface area contributed by atoms with Crippen molar-refractivity contribution >= 4 is 0 Å². The van der Waals surface area contributed by atoms with E-state index in [9.17, 15) is 0 Å². The van der Waals surface area contributed by atoms with Crippen molar-refractivity contribution in [2.45, 2.75) is 19.9 Å². The molecule has 2 rings (SSSR count). The molecule has 1 aromatic heterocycles. The Labute approximate surface area is 119 Å². The number of aromatic nitrogens is 1. The SMILES string of the molecule is COc1ccc(C(N)c2cc(C)nc(C)c2)c(OC)c1. The van der Waals surface area contributed by atoms with Crippen LogP contribution in [0.1, 0.15) is 28.6 Å². The summed E-state index contributed by atoms with van der Waals surface area (Å²) in [6.07, 6.45) is 0. The largest absolute Gasteiger partial charge is 0.497 e. The molecule has 0 amide bonds. The van der Waals surface area contributed by atoms with Crippen LogP contribution >= 0.6 is 0 Å². The molecule has 1 aromatic carbocycles. The lowest BCUT2D eigenvalue weighted by Crippen LogP contribution is -2.14. The lowest BCUT2D eigenvalue weighted by atomic mass is 9.98. The molecule has 0 saturated carbocycles. The summed E-state index contributed by atoms with van der Waals surface area (Å²) in [5.74, 6) is 1.48. The van der Waals surface area contributed by atoms with Crippen LogP contribution in [-0.4, -0.2) is 19.2 Å². The fourth-order valence-corrected chi connectivity index (χ4v) is 2.30. The predicted molar refractivity (Wildman–Crippen MR) is 79.3 cm³/mol. The molecule has 0 aliphatic carbocycles. The molecule has 0 aliphatic heterocycles. The third-order valence-corrected chi connectivity index (χ3v) is 3.24. The highest BCUT2D eigenvalue weighted by Crippen LogP contribution is 2.31. The molecule has 0 aliphatic rings. The van der Waals surface area contributed by atoms with Gasteiger partial charge in [-0.15, -0.1) is 0 Å². The Morgan fingerprint density at radius 1 is 1.00 bits per heavy atom. The molecule has 4 heteroatoms. The first-order valence-electron chi connectivity index (χ1n) is 6.48. The van der Waals surface area contributed by atoms with Gasteiger partial charge in [-0.2, -0.15) is 0 Å². The molecular weight excluding hydrogens is 252 g/mol. The maximum absolute atomic E-state index is 6.37. The number of hydrogen-bond acceptors (Lipinski definition) is 4. The molecule has 2 N–H and O–H groups in total. The Morgan fingerprint density at radius 2 is 1.65 bits per heavy atom. The fraction of sp³-hybridized carbons (Fsp3) is 0.312. The van der Waals surface area contributed by atoms with Gasteiger partial charge in [0.1, 0.15) is 11.5 Å². The summed E-state index contributed by atoms with van der Waals surface area (Å²) in [5.41, 5.74) is 10.3. The van der Waals surface area contributed by atoms with Crippen molar-refractivity contribution in [2.24, 2.45) is 5.73 Å². The molecule has 0 spiro atoms. The molecule has 1 atom stereocenters. The number of aryl methyl sites for hydroxylation is 2. The van der Waals surface area contributed by atoms with E-state index < -0.39 is 0 Å². The van der Waals surface area contributed by atoms with E-state index in [0.717, 1.165) is 34.0 Å². The second-order valence-corrected chi connectivity index (χ2v) is 4.77. The number of nitrogens with zero attached hydrogens (tertiary/aromatic N) is 1. The van der Waals surface area contributed by atoms with Crippen LogP contribution < -0.4 is 15.2 Å². The van der Waals surface area contributed by atoms with Gasteiger partial charge in [0.05, 0.1) is 20.3 Å². The maximum Gasteiger partial charge on any atom is 0.127 e. The quantitative estimate of drug-likeness (QED) is 0.929. The van der Waals surface area contributed by atoms with E-state index >= 15 is 0 Å². The van der Waals surface area contributed by atoms with E-state index in [2.05, 4.69) is 4.98 Å². The zero-order valence-electron chi connectivity index (χ0n) is 12.3. The number of nitrogens with two attached hydrogens (primary N) is 1. The third-order valence-electron chi connectivity index (χ3n) is 3.24. The third kappa shape index (κ3) is 2.91.